The standard InChI is InChI=1S/C10H18O4/c1-8(11)7-10(13)5-3-4-6-14-9(2)12/h3-4,8,10-11,13H,5-7H2,1-2H3/b4-3+/t8-,10-/m0/s1. The topological polar surface area (TPSA) is 66.8 Å². The van der Waals surface area contributed by atoms with E-state index in [4.69, 9.17) is 5.11 Å². The normalized spacial score (nSPS) is 15.4. The maximum Gasteiger partial charge on any atom is 0.302 e. The van der Waals surface area contributed by atoms with Gasteiger partial charge in [-0.15, -0.1) is 0 Å². The summed E-state index contributed by atoms with van der Waals surface area (Å²) in [7, 11) is 0. The molecular formula is C10H18O4. The van der Waals surface area contributed by atoms with E-state index >= 15 is 0 Å². The molecule has 0 aliphatic carbocycles. The van der Waals surface area contributed by atoms with Gasteiger partial charge in [-0.3, -0.25) is 4.79 Å². The Hall–Kier alpha value is -0.870. The highest BCUT2D eigenvalue weighted by Gasteiger charge is 2.04. The van der Waals surface area contributed by atoms with Gasteiger partial charge in [-0.25, -0.2) is 0 Å². The molecule has 0 amide bonds. The smallest absolute Gasteiger partial charge is 0.302 e. The van der Waals surface area contributed by atoms with Crippen molar-refractivity contribution in [3.63, 3.8) is 0 Å². The van der Waals surface area contributed by atoms with Crippen LogP contribution in [0.2, 0.25) is 0 Å². The van der Waals surface area contributed by atoms with Crippen molar-refractivity contribution in [2.75, 3.05) is 6.61 Å². The Kier molecular flexibility index (Phi) is 7.06. The Morgan fingerprint density at radius 3 is 2.57 bits per heavy atom. The Morgan fingerprint density at radius 1 is 1.43 bits per heavy atom. The molecular weight excluding hydrogens is 184 g/mol. The SMILES string of the molecule is CC(=O)OC/C=C/C[C@H](O)C[C@H](C)O. The summed E-state index contributed by atoms with van der Waals surface area (Å²) in [6.07, 6.45) is 3.20. The quantitative estimate of drug-likeness (QED) is 0.489. The van der Waals surface area contributed by atoms with E-state index in [1.54, 1.807) is 19.1 Å². The van der Waals surface area contributed by atoms with Crippen LogP contribution in [0, 0.1) is 0 Å². The summed E-state index contributed by atoms with van der Waals surface area (Å²) in [5, 5.41) is 18.3. The van der Waals surface area contributed by atoms with E-state index in [0.29, 0.717) is 12.8 Å². The lowest BCUT2D eigenvalue weighted by molar-refractivity contribution is -0.139. The minimum Gasteiger partial charge on any atom is -0.462 e. The van der Waals surface area contributed by atoms with Gasteiger partial charge >= 0.3 is 5.97 Å². The van der Waals surface area contributed by atoms with Gasteiger partial charge in [0.25, 0.3) is 0 Å². The molecule has 0 unspecified atom stereocenters. The van der Waals surface area contributed by atoms with Crippen molar-refractivity contribution in [3.8, 4) is 0 Å². The predicted molar refractivity (Wildman–Crippen MR) is 52.7 cm³/mol. The highest BCUT2D eigenvalue weighted by atomic mass is 16.5. The van der Waals surface area contributed by atoms with Gasteiger partial charge in [0.1, 0.15) is 6.61 Å². The molecule has 2 N–H and O–H groups in total. The molecule has 0 rings (SSSR count). The third-order valence-corrected chi connectivity index (χ3v) is 1.57. The van der Waals surface area contributed by atoms with Gasteiger partial charge in [0.05, 0.1) is 12.2 Å². The van der Waals surface area contributed by atoms with E-state index in [1.165, 1.54) is 6.92 Å². The summed E-state index contributed by atoms with van der Waals surface area (Å²) in [5.41, 5.74) is 0. The molecule has 4 nitrogen and oxygen atoms in total. The number of ether oxygens (including phenoxy) is 1. The maximum atomic E-state index is 10.3. The van der Waals surface area contributed by atoms with Crippen molar-refractivity contribution < 1.29 is 19.7 Å². The largest absolute Gasteiger partial charge is 0.462 e. The molecule has 0 aliphatic heterocycles. The third-order valence-electron chi connectivity index (χ3n) is 1.57. The molecule has 0 spiro atoms. The second-order valence-electron chi connectivity index (χ2n) is 3.25. The molecule has 0 saturated carbocycles. The number of aliphatic hydroxyl groups excluding tert-OH is 2. The number of carbonyl (C=O) groups excluding carboxylic acids is 1. The third kappa shape index (κ3) is 9.22. The van der Waals surface area contributed by atoms with Crippen LogP contribution in [0.3, 0.4) is 0 Å². The minimum absolute atomic E-state index is 0.233. The second kappa shape index (κ2) is 7.53. The monoisotopic (exact) mass is 202 g/mol. The van der Waals surface area contributed by atoms with Gasteiger partial charge in [0, 0.05) is 6.92 Å². The zero-order chi connectivity index (χ0) is 11.0. The van der Waals surface area contributed by atoms with Crippen molar-refractivity contribution in [3.05, 3.63) is 12.2 Å². The first kappa shape index (κ1) is 13.1. The summed E-state index contributed by atoms with van der Waals surface area (Å²) >= 11 is 0. The van der Waals surface area contributed by atoms with Crippen LogP contribution >= 0.6 is 0 Å². The molecule has 82 valence electrons. The van der Waals surface area contributed by atoms with Gasteiger partial charge in [-0.1, -0.05) is 12.2 Å². The van der Waals surface area contributed by atoms with Crippen molar-refractivity contribution in [2.45, 2.75) is 38.9 Å². The molecule has 14 heavy (non-hydrogen) atoms. The number of carbonyl (C=O) groups is 1. The molecule has 4 heteroatoms. The van der Waals surface area contributed by atoms with Crippen LogP contribution in [0.5, 0.6) is 0 Å². The molecule has 0 fully saturated rings. The van der Waals surface area contributed by atoms with Gasteiger partial charge in [0.2, 0.25) is 0 Å². The molecule has 0 aromatic heterocycles. The van der Waals surface area contributed by atoms with Crippen LogP contribution in [0.1, 0.15) is 26.7 Å². The van der Waals surface area contributed by atoms with Gasteiger partial charge in [0.15, 0.2) is 0 Å². The molecule has 0 heterocycles. The fourth-order valence-electron chi connectivity index (χ4n) is 0.977. The summed E-state index contributed by atoms with van der Waals surface area (Å²) in [5.74, 6) is -0.320. The molecule has 0 aromatic carbocycles. The average Bonchev–Trinajstić information content (AvgIpc) is 2.01. The van der Waals surface area contributed by atoms with E-state index in [2.05, 4.69) is 4.74 Å². The summed E-state index contributed by atoms with van der Waals surface area (Å²) in [6.45, 7) is 3.21. The van der Waals surface area contributed by atoms with Gasteiger partial charge < -0.3 is 14.9 Å². The Bertz CT molecular complexity index is 187. The molecule has 0 bridgehead atoms. The first-order valence-corrected chi connectivity index (χ1v) is 4.67. The zero-order valence-corrected chi connectivity index (χ0v) is 8.64. The second-order valence-corrected chi connectivity index (χ2v) is 3.25. The van der Waals surface area contributed by atoms with E-state index < -0.39 is 12.2 Å². The number of aliphatic hydroxyl groups is 2. The first-order chi connectivity index (χ1) is 6.52. The molecule has 0 radical (unpaired) electrons. The first-order valence-electron chi connectivity index (χ1n) is 4.67. The number of hydrogen-bond donors (Lipinski definition) is 2. The van der Waals surface area contributed by atoms with Crippen molar-refractivity contribution in [2.24, 2.45) is 0 Å². The molecule has 0 aliphatic rings. The fourth-order valence-corrected chi connectivity index (χ4v) is 0.977. The van der Waals surface area contributed by atoms with Gasteiger partial charge in [-0.2, -0.15) is 0 Å². The number of esters is 1. The average molecular weight is 202 g/mol. The highest BCUT2D eigenvalue weighted by molar-refractivity contribution is 5.65. The van der Waals surface area contributed by atoms with E-state index in [-0.39, 0.29) is 12.6 Å². The Labute approximate surface area is 84.2 Å². The minimum atomic E-state index is -0.538. The van der Waals surface area contributed by atoms with Crippen LogP contribution in [0.15, 0.2) is 12.2 Å². The van der Waals surface area contributed by atoms with E-state index in [9.17, 15) is 9.90 Å². The van der Waals surface area contributed by atoms with Crippen LogP contribution in [-0.2, 0) is 9.53 Å². The predicted octanol–water partition coefficient (Wildman–Crippen LogP) is 0.628. The van der Waals surface area contributed by atoms with E-state index in [0.717, 1.165) is 0 Å². The van der Waals surface area contributed by atoms with Crippen LogP contribution in [0.25, 0.3) is 0 Å². The summed E-state index contributed by atoms with van der Waals surface area (Å²) in [4.78, 5) is 10.3. The molecule has 0 aromatic rings. The van der Waals surface area contributed by atoms with Crippen molar-refractivity contribution in [1.82, 2.24) is 0 Å². The van der Waals surface area contributed by atoms with Crippen LogP contribution in [-0.4, -0.2) is 35.0 Å². The Balaban J connectivity index is 3.46. The molecule has 2 atom stereocenters. The molecule has 0 saturated heterocycles. The fraction of sp³-hybridized carbons (Fsp3) is 0.700. The van der Waals surface area contributed by atoms with Crippen molar-refractivity contribution in [1.29, 1.82) is 0 Å². The van der Waals surface area contributed by atoms with Crippen LogP contribution in [0.4, 0.5) is 0 Å². The van der Waals surface area contributed by atoms with Crippen molar-refractivity contribution >= 4 is 5.97 Å². The summed E-state index contributed by atoms with van der Waals surface area (Å²) < 4.78 is 4.65. The summed E-state index contributed by atoms with van der Waals surface area (Å²) in [6, 6.07) is 0. The van der Waals surface area contributed by atoms with Crippen LogP contribution < -0.4 is 0 Å². The maximum absolute atomic E-state index is 10.3. The number of hydrogen-bond acceptors (Lipinski definition) is 4. The lowest BCUT2D eigenvalue weighted by atomic mass is 10.1. The van der Waals surface area contributed by atoms with Gasteiger partial charge in [-0.05, 0) is 19.8 Å². The number of rotatable bonds is 6. The Morgan fingerprint density at radius 2 is 2.07 bits per heavy atom. The zero-order valence-electron chi connectivity index (χ0n) is 8.64. The lowest BCUT2D eigenvalue weighted by Gasteiger charge is -2.09. The van der Waals surface area contributed by atoms with E-state index in [1.807, 2.05) is 0 Å². The lowest BCUT2D eigenvalue weighted by Crippen LogP contribution is -2.13. The highest BCUT2D eigenvalue weighted by Crippen LogP contribution is 2.02.